The molecule has 0 saturated carbocycles. The maximum absolute atomic E-state index is 12.1. The van der Waals surface area contributed by atoms with Crippen LogP contribution < -0.4 is 5.32 Å². The molecule has 3 nitrogen and oxygen atoms in total. The van der Waals surface area contributed by atoms with Gasteiger partial charge in [-0.05, 0) is 52.7 Å². The van der Waals surface area contributed by atoms with E-state index in [1.54, 1.807) is 17.5 Å². The molecule has 0 aliphatic rings. The first-order chi connectivity index (χ1) is 9.58. The van der Waals surface area contributed by atoms with Crippen molar-refractivity contribution in [2.75, 3.05) is 11.9 Å². The first kappa shape index (κ1) is 14.8. The van der Waals surface area contributed by atoms with Crippen LogP contribution in [0.4, 0.5) is 5.69 Å². The average Bonchev–Trinajstić information content (AvgIpc) is 2.82. The predicted octanol–water partition coefficient (Wildman–Crippen LogP) is 3.42. The minimum absolute atomic E-state index is 0.154. The maximum atomic E-state index is 12.1. The summed E-state index contributed by atoms with van der Waals surface area (Å²) in [6.07, 6.45) is 0. The Balaban J connectivity index is 2.20. The fourth-order valence-electron chi connectivity index (χ4n) is 1.70. The zero-order valence-electron chi connectivity index (χ0n) is 10.7. The molecule has 0 radical (unpaired) electrons. The van der Waals surface area contributed by atoms with Crippen molar-refractivity contribution in [3.8, 4) is 11.8 Å². The summed E-state index contributed by atoms with van der Waals surface area (Å²) in [4.78, 5) is 12.1. The normalized spacial score (nSPS) is 9.75. The molecule has 1 aromatic carbocycles. The highest BCUT2D eigenvalue weighted by molar-refractivity contribution is 9.11. The lowest BCUT2D eigenvalue weighted by atomic mass is 10.1. The van der Waals surface area contributed by atoms with E-state index in [4.69, 9.17) is 5.11 Å². The molecule has 2 aromatic rings. The van der Waals surface area contributed by atoms with Crippen LogP contribution in [0.1, 0.15) is 21.5 Å². The third-order valence-electron chi connectivity index (χ3n) is 2.48. The van der Waals surface area contributed by atoms with E-state index in [0.717, 1.165) is 14.9 Å². The Labute approximate surface area is 129 Å². The monoisotopic (exact) mass is 349 g/mol. The van der Waals surface area contributed by atoms with E-state index in [9.17, 15) is 4.79 Å². The van der Waals surface area contributed by atoms with Crippen molar-refractivity contribution >= 4 is 38.9 Å². The highest BCUT2D eigenvalue weighted by Gasteiger charge is 2.08. The Hall–Kier alpha value is -1.61. The van der Waals surface area contributed by atoms with E-state index in [-0.39, 0.29) is 12.5 Å². The molecule has 0 fully saturated rings. The lowest BCUT2D eigenvalue weighted by molar-refractivity contribution is 0.102. The first-order valence-corrected chi connectivity index (χ1v) is 7.52. The Morgan fingerprint density at radius 2 is 2.20 bits per heavy atom. The number of benzene rings is 1. The molecule has 0 spiro atoms. The van der Waals surface area contributed by atoms with Crippen LogP contribution in [0.25, 0.3) is 0 Å². The Kier molecular flexibility index (Phi) is 4.96. The molecule has 0 aliphatic carbocycles. The zero-order valence-corrected chi connectivity index (χ0v) is 13.1. The van der Waals surface area contributed by atoms with Crippen molar-refractivity contribution in [3.63, 3.8) is 0 Å². The molecule has 1 amide bonds. The molecule has 1 heterocycles. The number of anilines is 1. The average molecular weight is 350 g/mol. The van der Waals surface area contributed by atoms with Gasteiger partial charge in [0.25, 0.3) is 5.91 Å². The molecule has 0 bridgehead atoms. The number of carbonyl (C=O) groups excluding carboxylic acids is 1. The van der Waals surface area contributed by atoms with Crippen molar-refractivity contribution in [2.24, 2.45) is 0 Å². The van der Waals surface area contributed by atoms with Gasteiger partial charge in [-0.15, -0.1) is 11.3 Å². The number of carbonyl (C=O) groups is 1. The minimum atomic E-state index is -0.182. The molecular formula is C15H12BrNO2S. The summed E-state index contributed by atoms with van der Waals surface area (Å²) in [6.45, 7) is 1.75. The Bertz CT molecular complexity index is 697. The van der Waals surface area contributed by atoms with Crippen molar-refractivity contribution in [3.05, 3.63) is 50.1 Å². The zero-order chi connectivity index (χ0) is 14.5. The fraction of sp³-hybridized carbons (Fsp3) is 0.133. The van der Waals surface area contributed by atoms with Gasteiger partial charge in [0, 0.05) is 16.6 Å². The highest BCUT2D eigenvalue weighted by Crippen LogP contribution is 2.22. The van der Waals surface area contributed by atoms with Crippen LogP contribution in [0.15, 0.2) is 33.4 Å². The maximum Gasteiger partial charge on any atom is 0.256 e. The topological polar surface area (TPSA) is 49.3 Å². The second kappa shape index (κ2) is 6.71. The number of aliphatic hydroxyl groups is 1. The van der Waals surface area contributed by atoms with Gasteiger partial charge in [0.15, 0.2) is 0 Å². The molecule has 2 N–H and O–H groups in total. The number of rotatable bonds is 2. The van der Waals surface area contributed by atoms with E-state index >= 15 is 0 Å². The summed E-state index contributed by atoms with van der Waals surface area (Å²) in [5.74, 6) is 5.28. The molecule has 2 rings (SSSR count). The largest absolute Gasteiger partial charge is 0.384 e. The second-order valence-electron chi connectivity index (χ2n) is 4.14. The third-order valence-corrected chi connectivity index (χ3v) is 3.98. The molecule has 5 heteroatoms. The van der Waals surface area contributed by atoms with Gasteiger partial charge in [0.2, 0.25) is 0 Å². The van der Waals surface area contributed by atoms with Crippen LogP contribution in [0.3, 0.4) is 0 Å². The van der Waals surface area contributed by atoms with E-state index in [2.05, 4.69) is 33.1 Å². The van der Waals surface area contributed by atoms with Gasteiger partial charge in [-0.1, -0.05) is 11.8 Å². The number of aliphatic hydroxyl groups excluding tert-OH is 1. The van der Waals surface area contributed by atoms with E-state index in [1.165, 1.54) is 11.3 Å². The predicted molar refractivity (Wildman–Crippen MR) is 85.1 cm³/mol. The number of hydrogen-bond donors (Lipinski definition) is 2. The summed E-state index contributed by atoms with van der Waals surface area (Å²) < 4.78 is 0.918. The van der Waals surface area contributed by atoms with E-state index < -0.39 is 0 Å². The number of halogens is 1. The summed E-state index contributed by atoms with van der Waals surface area (Å²) in [7, 11) is 0. The Morgan fingerprint density at radius 3 is 2.85 bits per heavy atom. The second-order valence-corrected chi connectivity index (χ2v) is 6.43. The van der Waals surface area contributed by atoms with Crippen LogP contribution in [0, 0.1) is 18.8 Å². The van der Waals surface area contributed by atoms with Gasteiger partial charge < -0.3 is 10.4 Å². The van der Waals surface area contributed by atoms with Gasteiger partial charge in [0.1, 0.15) is 6.61 Å². The van der Waals surface area contributed by atoms with Crippen LogP contribution in [-0.2, 0) is 0 Å². The molecule has 20 heavy (non-hydrogen) atoms. The Morgan fingerprint density at radius 1 is 1.40 bits per heavy atom. The highest BCUT2D eigenvalue weighted by atomic mass is 79.9. The molecular weight excluding hydrogens is 338 g/mol. The van der Waals surface area contributed by atoms with Gasteiger partial charge in [0.05, 0.1) is 9.35 Å². The van der Waals surface area contributed by atoms with Crippen LogP contribution in [0.5, 0.6) is 0 Å². The van der Waals surface area contributed by atoms with Gasteiger partial charge in [-0.2, -0.15) is 0 Å². The number of thiophene rings is 1. The summed E-state index contributed by atoms with van der Waals surface area (Å²) >= 11 is 4.80. The number of aryl methyl sites for hydroxylation is 1. The summed E-state index contributed by atoms with van der Waals surface area (Å²) in [6, 6.07) is 7.35. The standard InChI is InChI=1S/C15H12BrNO2S/c1-10-5-11(3-2-4-18)7-13(6-10)17-15(19)12-8-14(16)20-9-12/h5-9,18H,4H2,1H3,(H,17,19). The van der Waals surface area contributed by atoms with Crippen molar-refractivity contribution < 1.29 is 9.90 Å². The van der Waals surface area contributed by atoms with Crippen molar-refractivity contribution in [1.29, 1.82) is 0 Å². The number of hydrogen-bond acceptors (Lipinski definition) is 3. The van der Waals surface area contributed by atoms with Crippen molar-refractivity contribution in [1.82, 2.24) is 0 Å². The van der Waals surface area contributed by atoms with E-state index in [0.29, 0.717) is 11.3 Å². The molecule has 1 aromatic heterocycles. The quantitative estimate of drug-likeness (QED) is 0.816. The third kappa shape index (κ3) is 3.94. The summed E-state index contributed by atoms with van der Waals surface area (Å²) in [5.41, 5.74) is 3.07. The molecule has 0 aliphatic heterocycles. The van der Waals surface area contributed by atoms with Crippen LogP contribution in [-0.4, -0.2) is 17.6 Å². The molecule has 0 atom stereocenters. The molecule has 0 unspecified atom stereocenters. The summed E-state index contributed by atoms with van der Waals surface area (Å²) in [5, 5.41) is 13.4. The molecule has 102 valence electrons. The number of amides is 1. The smallest absolute Gasteiger partial charge is 0.256 e. The number of nitrogens with one attached hydrogen (secondary N) is 1. The van der Waals surface area contributed by atoms with Crippen LogP contribution in [0.2, 0.25) is 0 Å². The van der Waals surface area contributed by atoms with Crippen molar-refractivity contribution in [2.45, 2.75) is 6.92 Å². The first-order valence-electron chi connectivity index (χ1n) is 5.85. The SMILES string of the molecule is Cc1cc(C#CCO)cc(NC(=O)c2csc(Br)c2)c1. The molecule has 0 saturated heterocycles. The van der Waals surface area contributed by atoms with Crippen LogP contribution >= 0.6 is 27.3 Å². The van der Waals surface area contributed by atoms with Gasteiger partial charge in [-0.25, -0.2) is 0 Å². The fourth-order valence-corrected chi connectivity index (χ4v) is 2.84. The van der Waals surface area contributed by atoms with E-state index in [1.807, 2.05) is 19.1 Å². The lowest BCUT2D eigenvalue weighted by Crippen LogP contribution is -2.11. The lowest BCUT2D eigenvalue weighted by Gasteiger charge is -2.06. The van der Waals surface area contributed by atoms with Gasteiger partial charge >= 0.3 is 0 Å². The van der Waals surface area contributed by atoms with Gasteiger partial charge in [-0.3, -0.25) is 4.79 Å². The minimum Gasteiger partial charge on any atom is -0.384 e.